The van der Waals surface area contributed by atoms with Crippen LogP contribution in [0, 0.1) is 4.77 Å². The number of nitrogens with one attached hydrogen (secondary N) is 3. The number of aromatic nitrogens is 2. The van der Waals surface area contributed by atoms with Crippen LogP contribution < -0.4 is 20.3 Å². The first-order chi connectivity index (χ1) is 12.5. The van der Waals surface area contributed by atoms with E-state index in [0.29, 0.717) is 39.7 Å². The molecule has 0 saturated heterocycles. The van der Waals surface area contributed by atoms with Gasteiger partial charge in [0.1, 0.15) is 5.82 Å². The Hall–Kier alpha value is -3.07. The zero-order valence-electron chi connectivity index (χ0n) is 14.0. The van der Waals surface area contributed by atoms with Gasteiger partial charge in [0.15, 0.2) is 16.3 Å². The zero-order valence-corrected chi connectivity index (χ0v) is 14.8. The number of carbonyl (C=O) groups is 1. The second-order valence-electron chi connectivity index (χ2n) is 5.90. The number of rotatable bonds is 2. The van der Waals surface area contributed by atoms with Gasteiger partial charge in [0.05, 0.1) is 24.2 Å². The number of aromatic amines is 2. The highest BCUT2D eigenvalue weighted by molar-refractivity contribution is 7.71. The Morgan fingerprint density at radius 1 is 1.27 bits per heavy atom. The molecule has 3 heterocycles. The molecule has 0 spiro atoms. The lowest BCUT2D eigenvalue weighted by Gasteiger charge is -2.28. The summed E-state index contributed by atoms with van der Waals surface area (Å²) in [6, 6.07) is 5.31. The van der Waals surface area contributed by atoms with E-state index in [9.17, 15) is 9.59 Å². The van der Waals surface area contributed by atoms with E-state index in [4.69, 9.17) is 26.4 Å². The van der Waals surface area contributed by atoms with Crippen molar-refractivity contribution in [3.63, 3.8) is 0 Å². The van der Waals surface area contributed by atoms with E-state index in [1.54, 1.807) is 25.1 Å². The van der Waals surface area contributed by atoms with E-state index in [1.807, 2.05) is 0 Å². The van der Waals surface area contributed by atoms with Crippen molar-refractivity contribution in [2.75, 3.05) is 19.2 Å². The topological polar surface area (TPSA) is 105 Å². The Morgan fingerprint density at radius 2 is 2.04 bits per heavy atom. The number of methoxy groups -OCH3 is 1. The summed E-state index contributed by atoms with van der Waals surface area (Å²) in [4.78, 5) is 30.6. The molecule has 2 aromatic rings. The number of hydrogen-bond acceptors (Lipinski definition) is 7. The highest BCUT2D eigenvalue weighted by Gasteiger charge is 2.36. The minimum atomic E-state index is -0.649. The number of fused-ring (bicyclic) bond motifs is 2. The summed E-state index contributed by atoms with van der Waals surface area (Å²) >= 11 is 5.05. The number of allylic oxidation sites excluding steroid dienone is 1. The van der Waals surface area contributed by atoms with Gasteiger partial charge in [-0.1, -0.05) is 6.07 Å². The van der Waals surface area contributed by atoms with Crippen LogP contribution in [0.3, 0.4) is 0 Å². The summed E-state index contributed by atoms with van der Waals surface area (Å²) in [7, 11) is 1.30. The van der Waals surface area contributed by atoms with Gasteiger partial charge in [-0.3, -0.25) is 9.78 Å². The highest BCUT2D eigenvalue weighted by Crippen LogP contribution is 2.42. The fraction of sp³-hybridized carbons (Fsp3) is 0.235. The Kier molecular flexibility index (Phi) is 3.80. The summed E-state index contributed by atoms with van der Waals surface area (Å²) in [5.74, 6) is 0.454. The number of esters is 1. The number of carbonyl (C=O) groups excluding carboxylic acids is 1. The third-order valence-electron chi connectivity index (χ3n) is 4.41. The van der Waals surface area contributed by atoms with Crippen molar-refractivity contribution in [3.8, 4) is 11.5 Å². The van der Waals surface area contributed by atoms with Crippen LogP contribution in [0.2, 0.25) is 0 Å². The van der Waals surface area contributed by atoms with Crippen LogP contribution >= 0.6 is 12.2 Å². The Labute approximate surface area is 152 Å². The molecule has 4 rings (SSSR count). The van der Waals surface area contributed by atoms with Crippen molar-refractivity contribution in [1.82, 2.24) is 9.97 Å². The number of ether oxygens (including phenoxy) is 3. The van der Waals surface area contributed by atoms with Gasteiger partial charge in [-0.05, 0) is 36.8 Å². The van der Waals surface area contributed by atoms with Crippen LogP contribution in [0.5, 0.6) is 11.5 Å². The minimum Gasteiger partial charge on any atom is -0.466 e. The van der Waals surface area contributed by atoms with E-state index in [1.165, 1.54) is 7.11 Å². The van der Waals surface area contributed by atoms with Crippen LogP contribution in [0.25, 0.3) is 0 Å². The van der Waals surface area contributed by atoms with E-state index >= 15 is 0 Å². The van der Waals surface area contributed by atoms with Crippen molar-refractivity contribution < 1.29 is 19.0 Å². The summed E-state index contributed by atoms with van der Waals surface area (Å²) in [6.07, 6.45) is 0. The van der Waals surface area contributed by atoms with Gasteiger partial charge in [-0.2, -0.15) is 0 Å². The van der Waals surface area contributed by atoms with Crippen molar-refractivity contribution in [3.05, 3.63) is 55.7 Å². The van der Waals surface area contributed by atoms with Crippen molar-refractivity contribution in [2.24, 2.45) is 0 Å². The maximum absolute atomic E-state index is 12.7. The molecule has 134 valence electrons. The molecule has 1 aromatic heterocycles. The lowest BCUT2D eigenvalue weighted by molar-refractivity contribution is -0.136. The molecule has 2 aliphatic rings. The molecule has 2 aliphatic heterocycles. The molecule has 0 fully saturated rings. The van der Waals surface area contributed by atoms with E-state index in [2.05, 4.69) is 15.3 Å². The molecule has 8 nitrogen and oxygen atoms in total. The second-order valence-corrected chi connectivity index (χ2v) is 6.31. The minimum absolute atomic E-state index is 0.133. The summed E-state index contributed by atoms with van der Waals surface area (Å²) in [6.45, 7) is 1.88. The fourth-order valence-corrected chi connectivity index (χ4v) is 3.49. The molecular formula is C17H15N3O5S. The smallest absolute Gasteiger partial charge is 0.336 e. The molecule has 0 unspecified atom stereocenters. The maximum atomic E-state index is 12.7. The predicted octanol–water partition coefficient (Wildman–Crippen LogP) is 2.17. The van der Waals surface area contributed by atoms with Gasteiger partial charge in [0, 0.05) is 5.70 Å². The summed E-state index contributed by atoms with van der Waals surface area (Å²) in [5.41, 5.74) is 1.59. The van der Waals surface area contributed by atoms with E-state index in [0.717, 1.165) is 0 Å². The maximum Gasteiger partial charge on any atom is 0.336 e. The molecule has 0 saturated carbocycles. The van der Waals surface area contributed by atoms with E-state index in [-0.39, 0.29) is 17.1 Å². The molecule has 1 aromatic carbocycles. The fourth-order valence-electron chi connectivity index (χ4n) is 3.29. The quantitative estimate of drug-likeness (QED) is 0.547. The van der Waals surface area contributed by atoms with Gasteiger partial charge >= 0.3 is 5.97 Å². The monoisotopic (exact) mass is 373 g/mol. The molecule has 0 amide bonds. The lowest BCUT2D eigenvalue weighted by Crippen LogP contribution is -2.30. The first-order valence-electron chi connectivity index (χ1n) is 7.81. The molecule has 0 aliphatic carbocycles. The predicted molar refractivity (Wildman–Crippen MR) is 95.0 cm³/mol. The third kappa shape index (κ3) is 2.48. The average molecular weight is 373 g/mol. The number of H-pyrrole nitrogens is 2. The molecule has 0 radical (unpaired) electrons. The van der Waals surface area contributed by atoms with E-state index < -0.39 is 11.9 Å². The van der Waals surface area contributed by atoms with Crippen LogP contribution in [-0.2, 0) is 9.53 Å². The van der Waals surface area contributed by atoms with Gasteiger partial charge < -0.3 is 24.5 Å². The van der Waals surface area contributed by atoms with Crippen molar-refractivity contribution in [2.45, 2.75) is 12.8 Å². The number of hydrogen-bond donors (Lipinski definition) is 3. The lowest BCUT2D eigenvalue weighted by atomic mass is 9.82. The second kappa shape index (κ2) is 6.03. The van der Waals surface area contributed by atoms with Crippen LogP contribution in [0.1, 0.15) is 24.0 Å². The Morgan fingerprint density at radius 3 is 2.81 bits per heavy atom. The van der Waals surface area contributed by atoms with Gasteiger partial charge in [-0.15, -0.1) is 0 Å². The SMILES string of the molecule is COC(=O)C1=C(C)Nc2[nH]c(=S)[nH]c(=O)c2[C@@H]1c1ccc2c(c1)OCO2. The van der Waals surface area contributed by atoms with Crippen LogP contribution in [0.15, 0.2) is 34.3 Å². The first kappa shape index (κ1) is 16.4. The summed E-state index contributed by atoms with van der Waals surface area (Å²) < 4.78 is 15.9. The molecule has 26 heavy (non-hydrogen) atoms. The number of benzene rings is 1. The molecule has 3 N–H and O–H groups in total. The van der Waals surface area contributed by atoms with Crippen molar-refractivity contribution in [1.29, 1.82) is 0 Å². The van der Waals surface area contributed by atoms with Gasteiger partial charge in [0.2, 0.25) is 6.79 Å². The molecular weight excluding hydrogens is 358 g/mol. The Balaban J connectivity index is 1.98. The molecule has 1 atom stereocenters. The van der Waals surface area contributed by atoms with Crippen molar-refractivity contribution >= 4 is 24.0 Å². The van der Waals surface area contributed by atoms with Crippen LogP contribution in [0.4, 0.5) is 5.82 Å². The highest BCUT2D eigenvalue weighted by atomic mass is 32.1. The largest absolute Gasteiger partial charge is 0.466 e. The zero-order chi connectivity index (χ0) is 18.4. The Bertz CT molecular complexity index is 1070. The third-order valence-corrected chi connectivity index (χ3v) is 4.61. The van der Waals surface area contributed by atoms with Crippen LogP contribution in [-0.4, -0.2) is 29.8 Å². The average Bonchev–Trinajstić information content (AvgIpc) is 3.07. The van der Waals surface area contributed by atoms with Gasteiger partial charge in [-0.25, -0.2) is 4.79 Å². The number of anilines is 1. The molecule has 0 bridgehead atoms. The van der Waals surface area contributed by atoms with Gasteiger partial charge in [0.25, 0.3) is 5.56 Å². The molecule has 9 heteroatoms. The first-order valence-corrected chi connectivity index (χ1v) is 8.22. The normalized spacial score (nSPS) is 17.5. The summed E-state index contributed by atoms with van der Waals surface area (Å²) in [5, 5.41) is 3.04. The standard InChI is InChI=1S/C17H15N3O5S/c1-7-11(16(22)23-2)12(8-3-4-9-10(5-8)25-6-24-9)13-14(18-7)19-17(26)20-15(13)21/h3-5,12H,6H2,1-2H3,(H3,18,19,20,21,26)/t12-/m1/s1.